The zero-order valence-corrected chi connectivity index (χ0v) is 30.0. The van der Waals surface area contributed by atoms with Gasteiger partial charge in [-0.1, -0.05) is 46.8 Å². The van der Waals surface area contributed by atoms with Gasteiger partial charge in [-0.25, -0.2) is 14.4 Å². The van der Waals surface area contributed by atoms with Crippen LogP contribution in [-0.4, -0.2) is 80.5 Å². The number of anilines is 2. The van der Waals surface area contributed by atoms with E-state index < -0.39 is 58.7 Å². The maximum absolute atomic E-state index is 13.2. The van der Waals surface area contributed by atoms with Gasteiger partial charge in [-0.3, -0.25) is 24.5 Å². The molecule has 3 atom stereocenters. The molecule has 2 aromatic rings. The van der Waals surface area contributed by atoms with Crippen molar-refractivity contribution in [2.24, 2.45) is 11.3 Å². The summed E-state index contributed by atoms with van der Waals surface area (Å²) in [6.45, 7) is 9.26. The standard InChI is InChI=1S/C34H46N6O10S/c1-20(2)16-26(30(43)39-27(32(46)47)19-51-15-14-25(31(44)45)37-29(42)18-34(3,4)5)38-28(41)17-21-6-8-22(9-7-21)35-33(48)36-23-10-12-24(13-11-23)40(49)50/h6-13,20,25-27H,14-19H2,1-5H3,(H,37,42)(H,38,41)(H,39,43)(H,44,45)(H,46,47)(H2,35,36,48). The van der Waals surface area contributed by atoms with E-state index >= 15 is 0 Å². The van der Waals surface area contributed by atoms with Gasteiger partial charge in [0.1, 0.15) is 18.1 Å². The van der Waals surface area contributed by atoms with E-state index in [0.717, 1.165) is 11.8 Å². The second-order valence-electron chi connectivity index (χ2n) is 13.5. The molecule has 0 saturated heterocycles. The van der Waals surface area contributed by atoms with Crippen LogP contribution in [-0.2, 0) is 30.4 Å². The van der Waals surface area contributed by atoms with Crippen molar-refractivity contribution in [3.8, 4) is 0 Å². The minimum atomic E-state index is -1.31. The summed E-state index contributed by atoms with van der Waals surface area (Å²) < 4.78 is 0. The number of benzene rings is 2. The van der Waals surface area contributed by atoms with Crippen LogP contribution in [0.2, 0.25) is 0 Å². The molecule has 278 valence electrons. The summed E-state index contributed by atoms with van der Waals surface area (Å²) in [5, 5.41) is 42.9. The van der Waals surface area contributed by atoms with E-state index in [-0.39, 0.29) is 54.2 Å². The lowest BCUT2D eigenvalue weighted by atomic mass is 9.92. The number of nitro benzene ring substituents is 1. The summed E-state index contributed by atoms with van der Waals surface area (Å²) >= 11 is 1.12. The Kier molecular flexibility index (Phi) is 16.3. The second kappa shape index (κ2) is 19.9. The van der Waals surface area contributed by atoms with Crippen molar-refractivity contribution >= 4 is 64.5 Å². The zero-order valence-electron chi connectivity index (χ0n) is 29.2. The van der Waals surface area contributed by atoms with Crippen molar-refractivity contribution in [2.75, 3.05) is 22.1 Å². The minimum Gasteiger partial charge on any atom is -0.480 e. The highest BCUT2D eigenvalue weighted by molar-refractivity contribution is 7.99. The molecule has 0 heterocycles. The smallest absolute Gasteiger partial charge is 0.327 e. The Morgan fingerprint density at radius 1 is 0.784 bits per heavy atom. The largest absolute Gasteiger partial charge is 0.480 e. The Labute approximate surface area is 300 Å². The number of amides is 5. The van der Waals surface area contributed by atoms with Crippen molar-refractivity contribution in [1.29, 1.82) is 0 Å². The topological polar surface area (TPSA) is 246 Å². The molecule has 16 nitrogen and oxygen atoms in total. The number of nitrogens with zero attached hydrogens (tertiary/aromatic N) is 1. The molecule has 2 rings (SSSR count). The lowest BCUT2D eigenvalue weighted by Crippen LogP contribution is -2.53. The molecular formula is C34H46N6O10S. The Hall–Kier alpha value is -5.19. The summed E-state index contributed by atoms with van der Waals surface area (Å²) in [5.74, 6) is -3.95. The highest BCUT2D eigenvalue weighted by Crippen LogP contribution is 2.19. The molecule has 0 bridgehead atoms. The second-order valence-corrected chi connectivity index (χ2v) is 14.6. The van der Waals surface area contributed by atoms with Crippen molar-refractivity contribution in [3.63, 3.8) is 0 Å². The highest BCUT2D eigenvalue weighted by Gasteiger charge is 2.28. The van der Waals surface area contributed by atoms with Gasteiger partial charge in [0.05, 0.1) is 11.3 Å². The number of carbonyl (C=O) groups excluding carboxylic acids is 4. The molecule has 51 heavy (non-hydrogen) atoms. The number of nitro groups is 1. The fraction of sp³-hybridized carbons (Fsp3) is 0.471. The van der Waals surface area contributed by atoms with Crippen LogP contribution in [0.1, 0.15) is 59.4 Å². The molecule has 0 saturated carbocycles. The number of urea groups is 1. The van der Waals surface area contributed by atoms with E-state index in [4.69, 9.17) is 0 Å². The molecule has 0 radical (unpaired) electrons. The van der Waals surface area contributed by atoms with Gasteiger partial charge < -0.3 is 36.8 Å². The Morgan fingerprint density at radius 3 is 1.80 bits per heavy atom. The Balaban J connectivity index is 1.91. The molecule has 7 N–H and O–H groups in total. The maximum Gasteiger partial charge on any atom is 0.327 e. The van der Waals surface area contributed by atoms with Crippen LogP contribution in [0.15, 0.2) is 48.5 Å². The van der Waals surface area contributed by atoms with Crippen molar-refractivity contribution in [2.45, 2.75) is 78.4 Å². The summed E-state index contributed by atoms with van der Waals surface area (Å²) in [7, 11) is 0. The van der Waals surface area contributed by atoms with Crippen LogP contribution in [0.4, 0.5) is 21.9 Å². The number of carboxylic acid groups (broad SMARTS) is 2. The van der Waals surface area contributed by atoms with Crippen LogP contribution < -0.4 is 26.6 Å². The molecule has 5 amide bonds. The first-order valence-electron chi connectivity index (χ1n) is 16.2. The molecule has 2 aromatic carbocycles. The van der Waals surface area contributed by atoms with Gasteiger partial charge in [-0.05, 0) is 59.8 Å². The van der Waals surface area contributed by atoms with E-state index in [0.29, 0.717) is 16.9 Å². The third-order valence-corrected chi connectivity index (χ3v) is 8.14. The third kappa shape index (κ3) is 16.4. The fourth-order valence-corrected chi connectivity index (χ4v) is 5.66. The van der Waals surface area contributed by atoms with E-state index in [1.807, 2.05) is 34.6 Å². The predicted octanol–water partition coefficient (Wildman–Crippen LogP) is 4.01. The number of carboxylic acids is 2. The van der Waals surface area contributed by atoms with Crippen molar-refractivity contribution in [1.82, 2.24) is 16.0 Å². The number of nitrogens with one attached hydrogen (secondary N) is 5. The lowest BCUT2D eigenvalue weighted by Gasteiger charge is -2.23. The van der Waals surface area contributed by atoms with Gasteiger partial charge >= 0.3 is 18.0 Å². The maximum atomic E-state index is 13.2. The normalized spacial score (nSPS) is 12.9. The van der Waals surface area contributed by atoms with Gasteiger partial charge in [-0.2, -0.15) is 11.8 Å². The van der Waals surface area contributed by atoms with E-state index in [2.05, 4.69) is 26.6 Å². The average Bonchev–Trinajstić information content (AvgIpc) is 3.01. The molecule has 0 aliphatic rings. The number of hydrogen-bond acceptors (Lipinski definition) is 9. The molecule has 0 fully saturated rings. The molecule has 0 aliphatic heterocycles. The average molecular weight is 731 g/mol. The first kappa shape index (κ1) is 42.0. The first-order valence-corrected chi connectivity index (χ1v) is 17.3. The molecule has 3 unspecified atom stereocenters. The minimum absolute atomic E-state index is 0.0253. The number of rotatable bonds is 19. The highest BCUT2D eigenvalue weighted by atomic mass is 32.2. The number of thioether (sulfide) groups is 1. The zero-order chi connectivity index (χ0) is 38.3. The summed E-state index contributed by atoms with van der Waals surface area (Å²) in [6, 6.07) is 7.61. The van der Waals surface area contributed by atoms with E-state index in [9.17, 15) is 49.1 Å². The molecule has 0 aliphatic carbocycles. The molecular weight excluding hydrogens is 684 g/mol. The van der Waals surface area contributed by atoms with Gasteiger partial charge in [-0.15, -0.1) is 0 Å². The van der Waals surface area contributed by atoms with Crippen LogP contribution in [0.5, 0.6) is 0 Å². The third-order valence-electron chi connectivity index (χ3n) is 7.05. The van der Waals surface area contributed by atoms with E-state index in [1.165, 1.54) is 24.3 Å². The Bertz CT molecular complexity index is 1540. The van der Waals surface area contributed by atoms with Gasteiger partial charge in [0.2, 0.25) is 17.7 Å². The Morgan fingerprint density at radius 2 is 1.31 bits per heavy atom. The van der Waals surface area contributed by atoms with E-state index in [1.54, 1.807) is 24.3 Å². The fourth-order valence-electron chi connectivity index (χ4n) is 4.63. The quantitative estimate of drug-likeness (QED) is 0.0618. The van der Waals surface area contributed by atoms with Crippen molar-refractivity contribution in [3.05, 3.63) is 64.2 Å². The number of hydrogen-bond donors (Lipinski definition) is 7. The van der Waals surface area contributed by atoms with Crippen LogP contribution >= 0.6 is 11.8 Å². The SMILES string of the molecule is CC(C)CC(NC(=O)Cc1ccc(NC(=O)Nc2ccc([N+](=O)[O-])cc2)cc1)C(=O)NC(CSCCC(NC(=O)CC(C)(C)C)C(=O)O)C(=O)O. The lowest BCUT2D eigenvalue weighted by molar-refractivity contribution is -0.384. The number of aliphatic carboxylic acids is 2. The van der Waals surface area contributed by atoms with Crippen LogP contribution in [0.25, 0.3) is 0 Å². The van der Waals surface area contributed by atoms with Crippen LogP contribution in [0.3, 0.4) is 0 Å². The van der Waals surface area contributed by atoms with Gasteiger partial charge in [0.15, 0.2) is 0 Å². The summed E-state index contributed by atoms with van der Waals surface area (Å²) in [6.07, 6.45) is 0.323. The molecule has 17 heteroatoms. The summed E-state index contributed by atoms with van der Waals surface area (Å²) in [4.78, 5) is 84.5. The number of non-ortho nitro benzene ring substituents is 1. The van der Waals surface area contributed by atoms with Crippen molar-refractivity contribution < 1.29 is 43.9 Å². The monoisotopic (exact) mass is 730 g/mol. The molecule has 0 spiro atoms. The number of carbonyl (C=O) groups is 6. The molecule has 0 aromatic heterocycles. The summed E-state index contributed by atoms with van der Waals surface area (Å²) in [5.41, 5.74) is 0.900. The van der Waals surface area contributed by atoms with Gasteiger partial charge in [0.25, 0.3) is 5.69 Å². The van der Waals surface area contributed by atoms with Crippen LogP contribution in [0, 0.1) is 21.4 Å². The predicted molar refractivity (Wildman–Crippen MR) is 192 cm³/mol. The van der Waals surface area contributed by atoms with Gasteiger partial charge in [0, 0.05) is 35.7 Å². The first-order chi connectivity index (χ1) is 23.8.